The van der Waals surface area contributed by atoms with Crippen molar-refractivity contribution < 1.29 is 27.8 Å². The van der Waals surface area contributed by atoms with Crippen LogP contribution in [0.4, 0.5) is 18.0 Å². The molecule has 0 aliphatic carbocycles. The molecule has 3 aromatic rings. The molecule has 2 heterocycles. The van der Waals surface area contributed by atoms with Crippen molar-refractivity contribution in [2.24, 2.45) is 10.7 Å². The minimum atomic E-state index is -4.59. The number of alkyl halides is 3. The lowest BCUT2D eigenvalue weighted by Gasteiger charge is -2.27. The number of nitrogens with two attached hydrogens (primary N) is 1. The molecule has 1 saturated heterocycles. The SMILES string of the molecule is CCOc1cc(C(F)(F)F)ccc1C1=NC(c2ccc(Cl)cc2)C(c2ccc(Cl)cc2)N1C(=O)O.CN1CCCC1CCN. The number of aliphatic imine (C=N–C) groups is 1. The third kappa shape index (κ3) is 7.85. The third-order valence-corrected chi connectivity index (χ3v) is 8.22. The molecule has 0 radical (unpaired) electrons. The van der Waals surface area contributed by atoms with E-state index in [0.29, 0.717) is 21.2 Å². The van der Waals surface area contributed by atoms with Gasteiger partial charge < -0.3 is 20.5 Å². The Bertz CT molecular complexity index is 1450. The van der Waals surface area contributed by atoms with E-state index < -0.39 is 29.9 Å². The monoisotopic (exact) mass is 650 g/mol. The van der Waals surface area contributed by atoms with E-state index in [9.17, 15) is 23.1 Å². The van der Waals surface area contributed by atoms with Crippen molar-refractivity contribution in [3.05, 3.63) is 99.0 Å². The van der Waals surface area contributed by atoms with Crippen molar-refractivity contribution in [2.75, 3.05) is 26.7 Å². The average molecular weight is 652 g/mol. The minimum Gasteiger partial charge on any atom is -0.493 e. The fourth-order valence-electron chi connectivity index (χ4n) is 5.55. The maximum Gasteiger partial charge on any atom is 0.416 e. The molecular weight excluding hydrogens is 616 g/mol. The van der Waals surface area contributed by atoms with Crippen LogP contribution in [-0.2, 0) is 6.18 Å². The number of carboxylic acid groups (broad SMARTS) is 1. The van der Waals surface area contributed by atoms with Crippen LogP contribution in [0, 0.1) is 0 Å². The predicted molar refractivity (Wildman–Crippen MR) is 167 cm³/mol. The largest absolute Gasteiger partial charge is 0.493 e. The van der Waals surface area contributed by atoms with Crippen molar-refractivity contribution in [1.29, 1.82) is 0 Å². The Hall–Kier alpha value is -3.31. The second kappa shape index (κ2) is 14.6. The van der Waals surface area contributed by atoms with Crippen molar-refractivity contribution >= 4 is 35.1 Å². The molecule has 3 aromatic carbocycles. The summed E-state index contributed by atoms with van der Waals surface area (Å²) >= 11 is 12.1. The first-order valence-electron chi connectivity index (χ1n) is 14.3. The van der Waals surface area contributed by atoms with Gasteiger partial charge in [-0.05, 0) is 99.9 Å². The highest BCUT2D eigenvalue weighted by molar-refractivity contribution is 6.30. The van der Waals surface area contributed by atoms with Crippen LogP contribution in [0.3, 0.4) is 0 Å². The summed E-state index contributed by atoms with van der Waals surface area (Å²) in [5.74, 6) is -0.131. The smallest absolute Gasteiger partial charge is 0.416 e. The summed E-state index contributed by atoms with van der Waals surface area (Å²) in [6.45, 7) is 3.82. The number of hydrogen-bond acceptors (Lipinski definition) is 5. The van der Waals surface area contributed by atoms with Crippen LogP contribution in [0.2, 0.25) is 10.0 Å². The zero-order chi connectivity index (χ0) is 32.0. The summed E-state index contributed by atoms with van der Waals surface area (Å²) in [5, 5.41) is 11.2. The first-order valence-corrected chi connectivity index (χ1v) is 15.1. The molecule has 2 aliphatic rings. The van der Waals surface area contributed by atoms with Crippen LogP contribution in [0.1, 0.15) is 60.5 Å². The number of benzene rings is 3. The van der Waals surface area contributed by atoms with Gasteiger partial charge in [-0.3, -0.25) is 9.89 Å². The number of hydrogen-bond donors (Lipinski definition) is 2. The molecule has 5 rings (SSSR count). The number of carbonyl (C=O) groups is 1. The second-order valence-electron chi connectivity index (χ2n) is 10.6. The highest BCUT2D eigenvalue weighted by Gasteiger charge is 2.43. The third-order valence-electron chi connectivity index (χ3n) is 7.72. The summed E-state index contributed by atoms with van der Waals surface area (Å²) in [6.07, 6.45) is -2.01. The van der Waals surface area contributed by atoms with Crippen LogP contribution < -0.4 is 10.5 Å². The van der Waals surface area contributed by atoms with Gasteiger partial charge >= 0.3 is 12.3 Å². The first-order chi connectivity index (χ1) is 20.9. The normalized spacial score (nSPS) is 20.2. The van der Waals surface area contributed by atoms with Crippen LogP contribution >= 0.6 is 23.2 Å². The molecule has 1 fully saturated rings. The predicted octanol–water partition coefficient (Wildman–Crippen LogP) is 8.06. The lowest BCUT2D eigenvalue weighted by molar-refractivity contribution is -0.137. The van der Waals surface area contributed by atoms with Gasteiger partial charge in [0, 0.05) is 16.1 Å². The zero-order valence-corrected chi connectivity index (χ0v) is 25.9. The molecule has 44 heavy (non-hydrogen) atoms. The number of nitrogens with zero attached hydrogens (tertiary/aromatic N) is 3. The zero-order valence-electron chi connectivity index (χ0n) is 24.4. The van der Waals surface area contributed by atoms with Gasteiger partial charge in [0.15, 0.2) is 0 Å². The van der Waals surface area contributed by atoms with E-state index in [0.717, 1.165) is 29.6 Å². The van der Waals surface area contributed by atoms with Gasteiger partial charge in [0.2, 0.25) is 0 Å². The molecule has 0 spiro atoms. The Morgan fingerprint density at radius 2 is 1.66 bits per heavy atom. The first kappa shape index (κ1) is 33.6. The van der Waals surface area contributed by atoms with E-state index in [4.69, 9.17) is 38.7 Å². The van der Waals surface area contributed by atoms with Gasteiger partial charge in [-0.25, -0.2) is 4.79 Å². The maximum atomic E-state index is 13.3. The summed E-state index contributed by atoms with van der Waals surface area (Å²) < 4.78 is 45.5. The van der Waals surface area contributed by atoms with Gasteiger partial charge in [-0.1, -0.05) is 47.5 Å². The van der Waals surface area contributed by atoms with Gasteiger partial charge in [0.25, 0.3) is 0 Å². The Morgan fingerprint density at radius 3 is 2.16 bits per heavy atom. The Labute approximate surface area is 265 Å². The van der Waals surface area contributed by atoms with Gasteiger partial charge in [-0.15, -0.1) is 0 Å². The van der Waals surface area contributed by atoms with E-state index in [-0.39, 0.29) is 23.8 Å². The molecule has 3 N–H and O–H groups in total. The standard InChI is InChI=1S/C25H19Cl2F3N2O3.C7H16N2/c1-2-35-20-13-16(25(28,29)30)7-12-19(20)23-31-21(14-3-8-17(26)9-4-14)22(32(23)24(33)34)15-5-10-18(27)11-6-15;1-9-6-2-3-7(9)4-5-8/h3-13,21-22H,2H2,1H3,(H,33,34);7H,2-6,8H2,1H3. The summed E-state index contributed by atoms with van der Waals surface area (Å²) in [7, 11) is 2.19. The fourth-order valence-corrected chi connectivity index (χ4v) is 5.80. The molecule has 0 aromatic heterocycles. The maximum absolute atomic E-state index is 13.3. The molecule has 12 heteroatoms. The lowest BCUT2D eigenvalue weighted by atomic mass is 9.94. The number of rotatable bonds is 7. The van der Waals surface area contributed by atoms with Crippen LogP contribution in [0.25, 0.3) is 0 Å². The molecule has 0 bridgehead atoms. The fraction of sp³-hybridized carbons (Fsp3) is 0.375. The van der Waals surface area contributed by atoms with Gasteiger partial charge in [0.1, 0.15) is 17.6 Å². The van der Waals surface area contributed by atoms with E-state index in [1.54, 1.807) is 55.5 Å². The van der Waals surface area contributed by atoms with Gasteiger partial charge in [-0.2, -0.15) is 13.2 Å². The topological polar surface area (TPSA) is 91.4 Å². The number of amides is 1. The highest BCUT2D eigenvalue weighted by Crippen LogP contribution is 2.45. The molecule has 1 amide bonds. The molecule has 236 valence electrons. The number of amidine groups is 1. The molecule has 2 aliphatic heterocycles. The minimum absolute atomic E-state index is 0.0189. The summed E-state index contributed by atoms with van der Waals surface area (Å²) in [4.78, 5) is 20.7. The second-order valence-corrected chi connectivity index (χ2v) is 11.5. The van der Waals surface area contributed by atoms with Crippen molar-refractivity contribution in [3.63, 3.8) is 0 Å². The molecule has 3 atom stereocenters. The van der Waals surface area contributed by atoms with Crippen LogP contribution in [0.15, 0.2) is 71.7 Å². The Morgan fingerprint density at radius 1 is 1.05 bits per heavy atom. The lowest BCUT2D eigenvalue weighted by Crippen LogP contribution is -2.37. The highest BCUT2D eigenvalue weighted by atomic mass is 35.5. The van der Waals surface area contributed by atoms with E-state index in [2.05, 4.69) is 11.9 Å². The van der Waals surface area contributed by atoms with E-state index in [1.165, 1.54) is 31.9 Å². The van der Waals surface area contributed by atoms with Crippen LogP contribution in [-0.4, -0.2) is 59.6 Å². The van der Waals surface area contributed by atoms with E-state index >= 15 is 0 Å². The Balaban J connectivity index is 0.000000421. The van der Waals surface area contributed by atoms with E-state index in [1.807, 2.05) is 0 Å². The van der Waals surface area contributed by atoms with Crippen LogP contribution in [0.5, 0.6) is 5.75 Å². The Kier molecular flexibility index (Phi) is 11.2. The molecule has 0 saturated carbocycles. The quantitative estimate of drug-likeness (QED) is 0.270. The number of halogens is 5. The molecule has 7 nitrogen and oxygen atoms in total. The summed E-state index contributed by atoms with van der Waals surface area (Å²) in [6, 6.07) is 15.7. The number of likely N-dealkylation sites (tertiary alicyclic amines) is 1. The van der Waals surface area contributed by atoms with Crippen molar-refractivity contribution in [3.8, 4) is 5.75 Å². The van der Waals surface area contributed by atoms with Crippen molar-refractivity contribution in [1.82, 2.24) is 9.80 Å². The van der Waals surface area contributed by atoms with Gasteiger partial charge in [0.05, 0.1) is 23.8 Å². The van der Waals surface area contributed by atoms with Crippen molar-refractivity contribution in [2.45, 2.75) is 50.5 Å². The average Bonchev–Trinajstić information content (AvgIpc) is 3.58. The molecule has 3 unspecified atom stereocenters. The summed E-state index contributed by atoms with van der Waals surface area (Å²) in [5.41, 5.74) is 5.96. The number of ether oxygens (including phenoxy) is 1. The molecular formula is C32H35Cl2F3N4O3.